The first kappa shape index (κ1) is 11.7. The van der Waals surface area contributed by atoms with Crippen LogP contribution >= 0.6 is 0 Å². The van der Waals surface area contributed by atoms with Crippen LogP contribution in [0.2, 0.25) is 0 Å². The number of fused-ring (bicyclic) bond motifs is 1. The highest BCUT2D eigenvalue weighted by molar-refractivity contribution is 5.48. The van der Waals surface area contributed by atoms with Crippen LogP contribution in [0.15, 0.2) is 12.1 Å². The van der Waals surface area contributed by atoms with Crippen molar-refractivity contribution in [3.8, 4) is 0 Å². The molecule has 0 aromatic carbocycles. The van der Waals surface area contributed by atoms with Crippen LogP contribution < -0.4 is 5.73 Å². The second-order valence-electron chi connectivity index (χ2n) is 4.06. The van der Waals surface area contributed by atoms with E-state index in [1.165, 1.54) is 10.6 Å². The maximum Gasteiger partial charge on any atom is 0.435 e. The van der Waals surface area contributed by atoms with Crippen molar-refractivity contribution >= 4 is 11.5 Å². The van der Waals surface area contributed by atoms with Crippen molar-refractivity contribution in [2.45, 2.75) is 25.9 Å². The molecule has 2 heterocycles. The fourth-order valence-corrected chi connectivity index (χ4v) is 1.57. The minimum Gasteiger partial charge on any atom is -0.384 e. The van der Waals surface area contributed by atoms with Gasteiger partial charge in [0.25, 0.3) is 0 Å². The Morgan fingerprint density at radius 2 is 1.94 bits per heavy atom. The molecule has 0 unspecified atom stereocenters. The summed E-state index contributed by atoms with van der Waals surface area (Å²) in [6.07, 6.45) is -4.48. The number of halogens is 3. The van der Waals surface area contributed by atoms with E-state index in [9.17, 15) is 13.2 Å². The quantitative estimate of drug-likeness (QED) is 0.838. The number of nitrogens with zero attached hydrogens (tertiary/aromatic N) is 3. The minimum absolute atomic E-state index is 0.00350. The third-order valence-electron chi connectivity index (χ3n) is 2.36. The Morgan fingerprint density at radius 1 is 1.29 bits per heavy atom. The maximum atomic E-state index is 12.5. The van der Waals surface area contributed by atoms with Gasteiger partial charge in [-0.2, -0.15) is 18.3 Å². The molecule has 0 fully saturated rings. The summed E-state index contributed by atoms with van der Waals surface area (Å²) in [5.74, 6) is 0.193. The average molecular weight is 244 g/mol. The Bertz CT molecular complexity index is 556. The largest absolute Gasteiger partial charge is 0.435 e. The monoisotopic (exact) mass is 244 g/mol. The smallest absolute Gasteiger partial charge is 0.384 e. The molecule has 0 amide bonds. The van der Waals surface area contributed by atoms with E-state index < -0.39 is 11.9 Å². The van der Waals surface area contributed by atoms with Gasteiger partial charge in [-0.15, -0.1) is 0 Å². The van der Waals surface area contributed by atoms with Crippen LogP contribution in [0.3, 0.4) is 0 Å². The Kier molecular flexibility index (Phi) is 2.48. The van der Waals surface area contributed by atoms with E-state index >= 15 is 0 Å². The molecule has 0 saturated heterocycles. The molecule has 0 atom stereocenters. The summed E-state index contributed by atoms with van der Waals surface area (Å²) in [5.41, 5.74) is 5.30. The van der Waals surface area contributed by atoms with Gasteiger partial charge in [0.2, 0.25) is 0 Å². The lowest BCUT2D eigenvalue weighted by molar-refractivity contribution is -0.141. The predicted octanol–water partition coefficient (Wildman–Crippen LogP) is 2.45. The third-order valence-corrected chi connectivity index (χ3v) is 2.36. The van der Waals surface area contributed by atoms with Crippen LogP contribution in [-0.4, -0.2) is 14.6 Å². The maximum absolute atomic E-state index is 12.5. The first-order valence-electron chi connectivity index (χ1n) is 5.02. The number of rotatable bonds is 1. The van der Waals surface area contributed by atoms with Gasteiger partial charge in [0, 0.05) is 12.1 Å². The van der Waals surface area contributed by atoms with Crippen molar-refractivity contribution in [3.63, 3.8) is 0 Å². The lowest BCUT2D eigenvalue weighted by Gasteiger charge is -2.08. The standard InChI is InChI=1S/C10H11F3N4/c1-5(2)6-3-8(14)15-9-4-7(10(11,12)13)16-17(6)9/h3-5H,1-2H3,(H2,14,15). The van der Waals surface area contributed by atoms with Gasteiger partial charge in [-0.25, -0.2) is 9.50 Å². The first-order valence-corrected chi connectivity index (χ1v) is 5.02. The van der Waals surface area contributed by atoms with E-state index in [1.54, 1.807) is 0 Å². The lowest BCUT2D eigenvalue weighted by atomic mass is 10.1. The summed E-state index contributed by atoms with van der Waals surface area (Å²) in [6, 6.07) is 2.42. The number of alkyl halides is 3. The normalized spacial score (nSPS) is 12.6. The number of hydrogen-bond acceptors (Lipinski definition) is 3. The number of hydrogen-bond donors (Lipinski definition) is 1. The molecule has 92 valence electrons. The van der Waals surface area contributed by atoms with Crippen molar-refractivity contribution < 1.29 is 13.2 Å². The zero-order chi connectivity index (χ0) is 12.8. The number of nitrogen functional groups attached to an aromatic ring is 1. The molecule has 0 saturated carbocycles. The molecule has 0 spiro atoms. The van der Waals surface area contributed by atoms with Crippen LogP contribution in [-0.2, 0) is 6.18 Å². The number of nitrogens with two attached hydrogens (primary N) is 1. The highest BCUT2D eigenvalue weighted by atomic mass is 19.4. The van der Waals surface area contributed by atoms with Crippen LogP contribution in [0.4, 0.5) is 19.0 Å². The molecular weight excluding hydrogens is 233 g/mol. The Hall–Kier alpha value is -1.79. The molecular formula is C10H11F3N4. The van der Waals surface area contributed by atoms with Gasteiger partial charge < -0.3 is 5.73 Å². The molecule has 0 radical (unpaired) electrons. The number of aromatic nitrogens is 3. The molecule has 0 aliphatic heterocycles. The van der Waals surface area contributed by atoms with Gasteiger partial charge in [0.1, 0.15) is 5.82 Å². The summed E-state index contributed by atoms with van der Waals surface area (Å²) in [6.45, 7) is 3.70. The van der Waals surface area contributed by atoms with Crippen LogP contribution in [0, 0.1) is 0 Å². The molecule has 2 rings (SSSR count). The van der Waals surface area contributed by atoms with Crippen molar-refractivity contribution in [2.24, 2.45) is 0 Å². The molecule has 0 bridgehead atoms. The molecule has 2 N–H and O–H groups in total. The summed E-state index contributed by atoms with van der Waals surface area (Å²) < 4.78 is 38.8. The van der Waals surface area contributed by atoms with Gasteiger partial charge in [-0.05, 0) is 5.92 Å². The Labute approximate surface area is 95.3 Å². The van der Waals surface area contributed by atoms with Crippen LogP contribution in [0.5, 0.6) is 0 Å². The summed E-state index contributed by atoms with van der Waals surface area (Å²) in [7, 11) is 0. The molecule has 17 heavy (non-hydrogen) atoms. The molecule has 0 aliphatic rings. The van der Waals surface area contributed by atoms with E-state index in [2.05, 4.69) is 10.1 Å². The molecule has 0 aliphatic carbocycles. The van der Waals surface area contributed by atoms with Crippen LogP contribution in [0.1, 0.15) is 31.2 Å². The Balaban J connectivity index is 2.72. The van der Waals surface area contributed by atoms with Gasteiger partial charge in [-0.3, -0.25) is 0 Å². The fourth-order valence-electron chi connectivity index (χ4n) is 1.57. The Morgan fingerprint density at radius 3 is 2.47 bits per heavy atom. The van der Waals surface area contributed by atoms with Gasteiger partial charge in [-0.1, -0.05) is 13.8 Å². The van der Waals surface area contributed by atoms with Crippen molar-refractivity contribution in [1.29, 1.82) is 0 Å². The topological polar surface area (TPSA) is 56.2 Å². The molecule has 4 nitrogen and oxygen atoms in total. The third kappa shape index (κ3) is 2.04. The zero-order valence-electron chi connectivity index (χ0n) is 9.28. The second kappa shape index (κ2) is 3.61. The fraction of sp³-hybridized carbons (Fsp3) is 0.400. The average Bonchev–Trinajstić information content (AvgIpc) is 2.58. The van der Waals surface area contributed by atoms with Gasteiger partial charge in [0.15, 0.2) is 11.3 Å². The van der Waals surface area contributed by atoms with E-state index in [0.717, 1.165) is 6.07 Å². The van der Waals surface area contributed by atoms with E-state index in [4.69, 9.17) is 5.73 Å². The highest BCUT2D eigenvalue weighted by Crippen LogP contribution is 2.29. The second-order valence-corrected chi connectivity index (χ2v) is 4.06. The summed E-state index contributed by atoms with van der Waals surface area (Å²) in [5, 5.41) is 3.52. The van der Waals surface area contributed by atoms with Gasteiger partial charge in [0.05, 0.1) is 5.69 Å². The first-order chi connectivity index (χ1) is 7.79. The van der Waals surface area contributed by atoms with Crippen LogP contribution in [0.25, 0.3) is 5.65 Å². The molecule has 2 aromatic rings. The molecule has 2 aromatic heterocycles. The van der Waals surface area contributed by atoms with Gasteiger partial charge >= 0.3 is 6.18 Å². The predicted molar refractivity (Wildman–Crippen MR) is 56.5 cm³/mol. The van der Waals surface area contributed by atoms with E-state index in [-0.39, 0.29) is 17.4 Å². The summed E-state index contributed by atoms with van der Waals surface area (Å²) in [4.78, 5) is 3.83. The van der Waals surface area contributed by atoms with Crippen molar-refractivity contribution in [3.05, 3.63) is 23.5 Å². The lowest BCUT2D eigenvalue weighted by Crippen LogP contribution is -2.08. The van der Waals surface area contributed by atoms with E-state index in [0.29, 0.717) is 5.69 Å². The van der Waals surface area contributed by atoms with Crippen molar-refractivity contribution in [1.82, 2.24) is 14.6 Å². The minimum atomic E-state index is -4.48. The SMILES string of the molecule is CC(C)c1cc(N)nc2cc(C(F)(F)F)nn12. The van der Waals surface area contributed by atoms with E-state index in [1.807, 2.05) is 13.8 Å². The molecule has 7 heteroatoms. The van der Waals surface area contributed by atoms with Crippen molar-refractivity contribution in [2.75, 3.05) is 5.73 Å². The highest BCUT2D eigenvalue weighted by Gasteiger charge is 2.34. The number of anilines is 1. The zero-order valence-corrected chi connectivity index (χ0v) is 9.28. The summed E-state index contributed by atoms with van der Waals surface area (Å²) >= 11 is 0.